The topological polar surface area (TPSA) is 49.3 Å². The number of hydrogen-bond acceptors (Lipinski definition) is 2. The van der Waals surface area contributed by atoms with Crippen molar-refractivity contribution in [1.82, 2.24) is 5.32 Å². The van der Waals surface area contributed by atoms with Gasteiger partial charge in [-0.25, -0.2) is 0 Å². The number of carbonyl (C=O) groups is 1. The number of halogens is 1. The van der Waals surface area contributed by atoms with E-state index in [-0.39, 0.29) is 17.2 Å². The molecule has 1 aromatic carbocycles. The molecule has 0 heterocycles. The molecule has 0 atom stereocenters. The first-order valence-corrected chi connectivity index (χ1v) is 6.41. The summed E-state index contributed by atoms with van der Waals surface area (Å²) in [5.41, 5.74) is 0.830. The largest absolute Gasteiger partial charge is 0.508 e. The van der Waals surface area contributed by atoms with Crippen LogP contribution < -0.4 is 5.32 Å². The molecule has 4 heteroatoms. The highest BCUT2D eigenvalue weighted by atomic mass is 79.9. The van der Waals surface area contributed by atoms with E-state index in [4.69, 9.17) is 0 Å². The number of rotatable bonds is 4. The monoisotopic (exact) mass is 283 g/mol. The van der Waals surface area contributed by atoms with E-state index < -0.39 is 0 Å². The number of hydrogen-bond donors (Lipinski definition) is 2. The summed E-state index contributed by atoms with van der Waals surface area (Å²) in [6.45, 7) is 0. The van der Waals surface area contributed by atoms with Crippen molar-refractivity contribution in [3.05, 3.63) is 29.8 Å². The lowest BCUT2D eigenvalue weighted by molar-refractivity contribution is -0.121. The van der Waals surface area contributed by atoms with Crippen molar-refractivity contribution in [3.63, 3.8) is 0 Å². The smallest absolute Gasteiger partial charge is 0.224 e. The third kappa shape index (κ3) is 2.76. The third-order valence-electron chi connectivity index (χ3n) is 2.79. The van der Waals surface area contributed by atoms with Crippen molar-refractivity contribution < 1.29 is 9.90 Å². The molecule has 0 aromatic heterocycles. The zero-order valence-electron chi connectivity index (χ0n) is 8.87. The standard InChI is InChI=1S/C12H14BrNO2/c13-8-12(4-5-12)14-11(16)7-9-2-1-3-10(15)6-9/h1-3,6,15H,4-5,7-8H2,(H,14,16). The second-order valence-corrected chi connectivity index (χ2v) is 4.87. The van der Waals surface area contributed by atoms with Gasteiger partial charge in [-0.15, -0.1) is 0 Å². The third-order valence-corrected chi connectivity index (χ3v) is 3.86. The van der Waals surface area contributed by atoms with Crippen LogP contribution in [0, 0.1) is 0 Å². The number of nitrogens with one attached hydrogen (secondary N) is 1. The number of carbonyl (C=O) groups excluding carboxylic acids is 1. The second-order valence-electron chi connectivity index (χ2n) is 4.31. The Hall–Kier alpha value is -1.03. The Kier molecular flexibility index (Phi) is 3.19. The van der Waals surface area contributed by atoms with Gasteiger partial charge in [0.2, 0.25) is 5.91 Å². The molecule has 0 bridgehead atoms. The van der Waals surface area contributed by atoms with Gasteiger partial charge < -0.3 is 10.4 Å². The molecule has 1 aliphatic carbocycles. The molecule has 1 amide bonds. The molecular formula is C12H14BrNO2. The van der Waals surface area contributed by atoms with Gasteiger partial charge in [-0.1, -0.05) is 28.1 Å². The Bertz CT molecular complexity index is 402. The minimum absolute atomic E-state index is 0.00604. The Morgan fingerprint density at radius 1 is 1.50 bits per heavy atom. The SMILES string of the molecule is O=C(Cc1cccc(O)c1)NC1(CBr)CC1. The maximum Gasteiger partial charge on any atom is 0.224 e. The van der Waals surface area contributed by atoms with E-state index in [1.54, 1.807) is 18.2 Å². The van der Waals surface area contributed by atoms with Gasteiger partial charge in [0.15, 0.2) is 0 Å². The fraction of sp³-hybridized carbons (Fsp3) is 0.417. The highest BCUT2D eigenvalue weighted by molar-refractivity contribution is 9.09. The average Bonchev–Trinajstić information content (AvgIpc) is 2.98. The van der Waals surface area contributed by atoms with Crippen LogP contribution in [0.5, 0.6) is 5.75 Å². The van der Waals surface area contributed by atoms with E-state index in [1.165, 1.54) is 0 Å². The first kappa shape index (κ1) is 11.5. The lowest BCUT2D eigenvalue weighted by Gasteiger charge is -2.14. The van der Waals surface area contributed by atoms with Gasteiger partial charge >= 0.3 is 0 Å². The van der Waals surface area contributed by atoms with Gasteiger partial charge in [-0.05, 0) is 30.5 Å². The molecule has 0 radical (unpaired) electrons. The van der Waals surface area contributed by atoms with Gasteiger partial charge in [-0.2, -0.15) is 0 Å². The first-order chi connectivity index (χ1) is 7.63. The van der Waals surface area contributed by atoms with Crippen molar-refractivity contribution in [3.8, 4) is 5.75 Å². The van der Waals surface area contributed by atoms with Crippen LogP contribution in [0.3, 0.4) is 0 Å². The van der Waals surface area contributed by atoms with E-state index in [2.05, 4.69) is 21.2 Å². The average molecular weight is 284 g/mol. The zero-order valence-corrected chi connectivity index (χ0v) is 10.5. The number of benzene rings is 1. The highest BCUT2D eigenvalue weighted by Gasteiger charge is 2.42. The molecule has 1 aromatic rings. The molecule has 1 aliphatic rings. The summed E-state index contributed by atoms with van der Waals surface area (Å²) in [4.78, 5) is 11.7. The van der Waals surface area contributed by atoms with E-state index in [9.17, 15) is 9.90 Å². The van der Waals surface area contributed by atoms with Crippen LogP contribution in [0.1, 0.15) is 18.4 Å². The first-order valence-electron chi connectivity index (χ1n) is 5.28. The van der Waals surface area contributed by atoms with Crippen molar-refractivity contribution in [2.75, 3.05) is 5.33 Å². The molecule has 0 unspecified atom stereocenters. The fourth-order valence-corrected chi connectivity index (χ4v) is 2.34. The van der Waals surface area contributed by atoms with Crippen molar-refractivity contribution in [2.45, 2.75) is 24.8 Å². The maximum absolute atomic E-state index is 11.7. The molecule has 0 aliphatic heterocycles. The Balaban J connectivity index is 1.92. The van der Waals surface area contributed by atoms with Gasteiger partial charge in [-0.3, -0.25) is 4.79 Å². The van der Waals surface area contributed by atoms with Crippen molar-refractivity contribution >= 4 is 21.8 Å². The number of phenolic OH excluding ortho intramolecular Hbond substituents is 1. The summed E-state index contributed by atoms with van der Waals surface area (Å²) in [7, 11) is 0. The minimum atomic E-state index is -0.00604. The Morgan fingerprint density at radius 2 is 2.25 bits per heavy atom. The Morgan fingerprint density at radius 3 is 2.81 bits per heavy atom. The fourth-order valence-electron chi connectivity index (χ4n) is 1.63. The lowest BCUT2D eigenvalue weighted by Crippen LogP contribution is -2.38. The molecule has 16 heavy (non-hydrogen) atoms. The van der Waals surface area contributed by atoms with Gasteiger partial charge in [0.25, 0.3) is 0 Å². The Labute approximate surface area is 103 Å². The van der Waals surface area contributed by atoms with Gasteiger partial charge in [0, 0.05) is 10.9 Å². The highest BCUT2D eigenvalue weighted by Crippen LogP contribution is 2.36. The molecule has 2 N–H and O–H groups in total. The quantitative estimate of drug-likeness (QED) is 0.831. The molecule has 0 spiro atoms. The molecule has 2 rings (SSSR count). The summed E-state index contributed by atoms with van der Waals surface area (Å²) in [6.07, 6.45) is 2.41. The molecule has 0 saturated heterocycles. The summed E-state index contributed by atoms with van der Waals surface area (Å²) in [6, 6.07) is 6.80. The normalized spacial score (nSPS) is 16.8. The predicted octanol–water partition coefficient (Wildman–Crippen LogP) is 1.98. The summed E-state index contributed by atoms with van der Waals surface area (Å²) < 4.78 is 0. The maximum atomic E-state index is 11.7. The summed E-state index contributed by atoms with van der Waals surface area (Å²) in [5, 5.41) is 13.1. The number of phenols is 1. The van der Waals surface area contributed by atoms with Crippen LogP contribution in [0.4, 0.5) is 0 Å². The van der Waals surface area contributed by atoms with Gasteiger partial charge in [0.1, 0.15) is 5.75 Å². The predicted molar refractivity (Wildman–Crippen MR) is 65.7 cm³/mol. The second kappa shape index (κ2) is 4.45. The number of aromatic hydroxyl groups is 1. The molecule has 1 saturated carbocycles. The van der Waals surface area contributed by atoms with Crippen LogP contribution >= 0.6 is 15.9 Å². The van der Waals surface area contributed by atoms with Crippen LogP contribution in [-0.4, -0.2) is 21.9 Å². The summed E-state index contributed by atoms with van der Waals surface area (Å²) in [5.74, 6) is 0.217. The van der Waals surface area contributed by atoms with Crippen LogP contribution in [0.15, 0.2) is 24.3 Å². The van der Waals surface area contributed by atoms with Crippen molar-refractivity contribution in [2.24, 2.45) is 0 Å². The van der Waals surface area contributed by atoms with Crippen LogP contribution in [0.2, 0.25) is 0 Å². The number of amides is 1. The van der Waals surface area contributed by atoms with E-state index in [0.717, 1.165) is 23.7 Å². The van der Waals surface area contributed by atoms with E-state index >= 15 is 0 Å². The molecule has 86 valence electrons. The number of alkyl halides is 1. The van der Waals surface area contributed by atoms with Gasteiger partial charge in [0.05, 0.1) is 6.42 Å². The zero-order chi connectivity index (χ0) is 11.6. The van der Waals surface area contributed by atoms with Crippen molar-refractivity contribution in [1.29, 1.82) is 0 Å². The molecule has 1 fully saturated rings. The summed E-state index contributed by atoms with van der Waals surface area (Å²) >= 11 is 3.40. The minimum Gasteiger partial charge on any atom is -0.508 e. The molecule has 3 nitrogen and oxygen atoms in total. The molecular weight excluding hydrogens is 270 g/mol. The van der Waals surface area contributed by atoms with E-state index in [0.29, 0.717) is 6.42 Å². The van der Waals surface area contributed by atoms with Crippen LogP contribution in [0.25, 0.3) is 0 Å². The lowest BCUT2D eigenvalue weighted by atomic mass is 10.1. The van der Waals surface area contributed by atoms with Crippen LogP contribution in [-0.2, 0) is 11.2 Å². The van der Waals surface area contributed by atoms with E-state index in [1.807, 2.05) is 6.07 Å².